The second kappa shape index (κ2) is 12.7. The lowest BCUT2D eigenvalue weighted by molar-refractivity contribution is -0.127. The molecule has 0 bridgehead atoms. The van der Waals surface area contributed by atoms with Crippen molar-refractivity contribution in [2.45, 2.75) is 108 Å². The molecule has 4 saturated heterocycles. The smallest absolute Gasteiger partial charge is 0.224 e. The summed E-state index contributed by atoms with van der Waals surface area (Å²) in [5.41, 5.74) is 0. The van der Waals surface area contributed by atoms with Crippen LogP contribution in [0.3, 0.4) is 0 Å². The first kappa shape index (κ1) is 25.9. The van der Waals surface area contributed by atoms with Gasteiger partial charge in [0.15, 0.2) is 0 Å². The lowest BCUT2D eigenvalue weighted by Gasteiger charge is -2.43. The van der Waals surface area contributed by atoms with Gasteiger partial charge in [0.25, 0.3) is 0 Å². The highest BCUT2D eigenvalue weighted by Crippen LogP contribution is 2.27. The van der Waals surface area contributed by atoms with Gasteiger partial charge in [-0.05, 0) is 109 Å². The lowest BCUT2D eigenvalue weighted by Crippen LogP contribution is -2.66. The van der Waals surface area contributed by atoms with Crippen molar-refractivity contribution in [1.82, 2.24) is 36.8 Å². The Morgan fingerprint density at radius 1 is 0.886 bits per heavy atom. The van der Waals surface area contributed by atoms with Crippen LogP contribution in [0, 0.1) is 17.8 Å². The predicted molar refractivity (Wildman–Crippen MR) is 141 cm³/mol. The fourth-order valence-electron chi connectivity index (χ4n) is 7.27. The first-order valence-corrected chi connectivity index (χ1v) is 14.9. The molecular weight excluding hydrogens is 438 g/mol. The molecule has 5 aliphatic rings. The molecule has 4 aliphatic heterocycles. The van der Waals surface area contributed by atoms with Crippen LogP contribution in [0.4, 0.5) is 0 Å². The topological polar surface area (TPSA) is 92.5 Å². The minimum absolute atomic E-state index is 0.119. The van der Waals surface area contributed by atoms with Gasteiger partial charge in [-0.1, -0.05) is 13.3 Å². The van der Waals surface area contributed by atoms with Crippen molar-refractivity contribution < 1.29 is 4.79 Å². The van der Waals surface area contributed by atoms with E-state index in [9.17, 15) is 4.79 Å². The molecule has 5 fully saturated rings. The third-order valence-electron chi connectivity index (χ3n) is 9.60. The summed E-state index contributed by atoms with van der Waals surface area (Å²) >= 11 is 0. The zero-order valence-electron chi connectivity index (χ0n) is 22.0. The molecule has 8 heteroatoms. The molecule has 0 radical (unpaired) electrons. The third kappa shape index (κ3) is 6.96. The van der Waals surface area contributed by atoms with E-state index in [-0.39, 0.29) is 24.2 Å². The standard InChI is InChI=1S/C27H51N7O/c1-19-7-9-22(31-26(35)21-8-10-25(30-18-21)34-14-3-2-4-15-34)16-24(19)33-27-29-13-11-23(32-27)20-6-5-12-28-17-20/h19-25,27-30,32-33H,2-18H2,1H3,(H,31,35). The molecule has 1 amide bonds. The highest BCUT2D eigenvalue weighted by Gasteiger charge is 2.35. The average Bonchev–Trinajstić information content (AvgIpc) is 2.92. The minimum atomic E-state index is 0.119. The van der Waals surface area contributed by atoms with Crippen molar-refractivity contribution in [3.8, 4) is 0 Å². The number of hydrogen-bond donors (Lipinski definition) is 6. The zero-order chi connectivity index (χ0) is 24.0. The Bertz CT molecular complexity index is 658. The molecule has 0 aromatic carbocycles. The molecule has 8 atom stereocenters. The molecule has 0 spiro atoms. The summed E-state index contributed by atoms with van der Waals surface area (Å²) < 4.78 is 0. The number of carbonyl (C=O) groups is 1. The zero-order valence-corrected chi connectivity index (χ0v) is 22.0. The number of carbonyl (C=O) groups excluding carboxylic acids is 1. The van der Waals surface area contributed by atoms with Gasteiger partial charge < -0.3 is 16.0 Å². The van der Waals surface area contributed by atoms with E-state index >= 15 is 0 Å². The van der Waals surface area contributed by atoms with E-state index in [0.29, 0.717) is 24.2 Å². The SMILES string of the molecule is CC1CCC(NC(=O)C2CCC(N3CCCCC3)NC2)CC1NC1NCCC(C2CCCNC2)N1. The van der Waals surface area contributed by atoms with Crippen LogP contribution in [-0.2, 0) is 4.79 Å². The number of rotatable bonds is 6. The predicted octanol–water partition coefficient (Wildman–Crippen LogP) is 1.30. The summed E-state index contributed by atoms with van der Waals surface area (Å²) in [5, 5.41) is 22.1. The van der Waals surface area contributed by atoms with Gasteiger partial charge in [-0.3, -0.25) is 25.6 Å². The third-order valence-corrected chi connectivity index (χ3v) is 9.60. The van der Waals surface area contributed by atoms with Crippen LogP contribution in [0.1, 0.15) is 77.6 Å². The molecule has 1 aliphatic carbocycles. The molecule has 0 aromatic rings. The van der Waals surface area contributed by atoms with Gasteiger partial charge in [0.1, 0.15) is 6.29 Å². The average molecular weight is 490 g/mol. The summed E-state index contributed by atoms with van der Waals surface area (Å²) in [4.78, 5) is 15.7. The second-order valence-corrected chi connectivity index (χ2v) is 12.1. The van der Waals surface area contributed by atoms with Crippen molar-refractivity contribution in [2.24, 2.45) is 17.8 Å². The Hall–Kier alpha value is -0.770. The van der Waals surface area contributed by atoms with Crippen LogP contribution in [0.15, 0.2) is 0 Å². The van der Waals surface area contributed by atoms with E-state index < -0.39 is 0 Å². The largest absolute Gasteiger partial charge is 0.353 e. The van der Waals surface area contributed by atoms with E-state index in [1.165, 1.54) is 64.6 Å². The number of nitrogens with one attached hydrogen (secondary N) is 6. The van der Waals surface area contributed by atoms with E-state index in [4.69, 9.17) is 0 Å². The van der Waals surface area contributed by atoms with Gasteiger partial charge in [-0.2, -0.15) is 0 Å². The number of likely N-dealkylation sites (tertiary alicyclic amines) is 1. The van der Waals surface area contributed by atoms with E-state index in [0.717, 1.165) is 51.2 Å². The summed E-state index contributed by atoms with van der Waals surface area (Å²) in [7, 11) is 0. The van der Waals surface area contributed by atoms with Crippen LogP contribution in [0.2, 0.25) is 0 Å². The van der Waals surface area contributed by atoms with Gasteiger partial charge in [-0.15, -0.1) is 0 Å². The van der Waals surface area contributed by atoms with Gasteiger partial charge in [-0.25, -0.2) is 0 Å². The van der Waals surface area contributed by atoms with E-state index in [1.54, 1.807) is 0 Å². The first-order chi connectivity index (χ1) is 17.2. The van der Waals surface area contributed by atoms with Crippen LogP contribution in [-0.4, -0.2) is 80.7 Å². The van der Waals surface area contributed by atoms with Crippen LogP contribution in [0.5, 0.6) is 0 Å². The normalized spacial score (nSPS) is 41.9. The van der Waals surface area contributed by atoms with E-state index in [2.05, 4.69) is 43.7 Å². The molecule has 4 heterocycles. The molecule has 0 aromatic heterocycles. The fraction of sp³-hybridized carbons (Fsp3) is 0.963. The number of hydrogen-bond acceptors (Lipinski definition) is 7. The molecule has 6 N–H and O–H groups in total. The molecule has 200 valence electrons. The Balaban J connectivity index is 1.06. The summed E-state index contributed by atoms with van der Waals surface area (Å²) in [6, 6.07) is 1.30. The molecular formula is C27H51N7O. The molecule has 1 saturated carbocycles. The van der Waals surface area contributed by atoms with Crippen molar-refractivity contribution >= 4 is 5.91 Å². The molecule has 35 heavy (non-hydrogen) atoms. The Labute approximate surface area is 212 Å². The Kier molecular flexibility index (Phi) is 9.35. The quantitative estimate of drug-likeness (QED) is 0.335. The molecule has 5 rings (SSSR count). The van der Waals surface area contributed by atoms with Gasteiger partial charge >= 0.3 is 0 Å². The maximum Gasteiger partial charge on any atom is 0.224 e. The van der Waals surface area contributed by atoms with Gasteiger partial charge in [0.2, 0.25) is 5.91 Å². The van der Waals surface area contributed by atoms with E-state index in [1.807, 2.05) is 0 Å². The Morgan fingerprint density at radius 3 is 2.54 bits per heavy atom. The van der Waals surface area contributed by atoms with Crippen molar-refractivity contribution in [1.29, 1.82) is 0 Å². The van der Waals surface area contributed by atoms with Crippen molar-refractivity contribution in [3.05, 3.63) is 0 Å². The maximum atomic E-state index is 13.1. The monoisotopic (exact) mass is 489 g/mol. The molecule has 8 nitrogen and oxygen atoms in total. The number of piperidine rings is 3. The number of nitrogens with zero attached hydrogens (tertiary/aromatic N) is 1. The first-order valence-electron chi connectivity index (χ1n) is 14.9. The van der Waals surface area contributed by atoms with Crippen LogP contribution >= 0.6 is 0 Å². The lowest BCUT2D eigenvalue weighted by atomic mass is 9.82. The molecule has 8 unspecified atom stereocenters. The summed E-state index contributed by atoms with van der Waals surface area (Å²) in [6.45, 7) is 9.01. The highest BCUT2D eigenvalue weighted by molar-refractivity contribution is 5.79. The highest BCUT2D eigenvalue weighted by atomic mass is 16.2. The minimum Gasteiger partial charge on any atom is -0.353 e. The number of amides is 1. The fourth-order valence-corrected chi connectivity index (χ4v) is 7.27. The summed E-state index contributed by atoms with van der Waals surface area (Å²) in [5.74, 6) is 1.76. The van der Waals surface area contributed by atoms with Crippen molar-refractivity contribution in [2.75, 3.05) is 39.3 Å². The Morgan fingerprint density at radius 2 is 1.77 bits per heavy atom. The van der Waals surface area contributed by atoms with Crippen LogP contribution < -0.4 is 31.9 Å². The van der Waals surface area contributed by atoms with Crippen LogP contribution in [0.25, 0.3) is 0 Å². The van der Waals surface area contributed by atoms with Gasteiger partial charge in [0.05, 0.1) is 12.1 Å². The maximum absolute atomic E-state index is 13.1. The van der Waals surface area contributed by atoms with Crippen molar-refractivity contribution in [3.63, 3.8) is 0 Å². The second-order valence-electron chi connectivity index (χ2n) is 12.1. The summed E-state index contributed by atoms with van der Waals surface area (Å²) in [6.07, 6.45) is 13.9. The van der Waals surface area contributed by atoms with Gasteiger partial charge in [0, 0.05) is 24.7 Å².